The zero-order valence-electron chi connectivity index (χ0n) is 11.6. The molecular weight excluding hydrogens is 240 g/mol. The molecule has 0 aliphatic carbocycles. The van der Waals surface area contributed by atoms with Crippen LogP contribution in [0.2, 0.25) is 0 Å². The summed E-state index contributed by atoms with van der Waals surface area (Å²) in [5.41, 5.74) is 0. The number of carbonyl (C=O) groups is 1. The Hall–Kier alpha value is -1.55. The number of para-hydroxylation sites is 1. The monoisotopic (exact) mass is 262 g/mol. The van der Waals surface area contributed by atoms with Gasteiger partial charge < -0.3 is 15.0 Å². The first-order valence-electron chi connectivity index (χ1n) is 6.84. The molecule has 1 heterocycles. The Bertz CT molecular complexity index is 408. The maximum atomic E-state index is 12.2. The van der Waals surface area contributed by atoms with E-state index in [0.29, 0.717) is 13.2 Å². The van der Waals surface area contributed by atoms with Crippen LogP contribution >= 0.6 is 0 Å². The second-order valence-electron chi connectivity index (χ2n) is 5.06. The van der Waals surface area contributed by atoms with Gasteiger partial charge in [0.05, 0.1) is 12.5 Å². The molecule has 1 aliphatic heterocycles. The molecule has 2 atom stereocenters. The van der Waals surface area contributed by atoms with Crippen molar-refractivity contribution in [1.29, 1.82) is 0 Å². The summed E-state index contributed by atoms with van der Waals surface area (Å²) in [5, 5.41) is 3.31. The molecule has 1 aromatic carbocycles. The van der Waals surface area contributed by atoms with E-state index in [1.165, 1.54) is 0 Å². The molecule has 1 saturated heterocycles. The number of ether oxygens (including phenoxy) is 1. The van der Waals surface area contributed by atoms with E-state index in [1.54, 1.807) is 4.90 Å². The number of likely N-dealkylation sites (N-methyl/N-ethyl adjacent to an activating group) is 1. The topological polar surface area (TPSA) is 41.6 Å². The molecule has 1 aromatic rings. The largest absolute Gasteiger partial charge is 0.492 e. The summed E-state index contributed by atoms with van der Waals surface area (Å²) in [6.45, 7) is 4.16. The van der Waals surface area contributed by atoms with Crippen LogP contribution in [0.5, 0.6) is 5.75 Å². The maximum Gasteiger partial charge on any atom is 0.227 e. The van der Waals surface area contributed by atoms with Crippen molar-refractivity contribution in [1.82, 2.24) is 10.2 Å². The zero-order chi connectivity index (χ0) is 13.7. The number of hydrogen-bond acceptors (Lipinski definition) is 3. The molecule has 19 heavy (non-hydrogen) atoms. The number of hydrogen-bond donors (Lipinski definition) is 1. The minimum absolute atomic E-state index is 0.113. The van der Waals surface area contributed by atoms with E-state index in [4.69, 9.17) is 4.74 Å². The summed E-state index contributed by atoms with van der Waals surface area (Å²) in [5.74, 6) is 1.18. The van der Waals surface area contributed by atoms with Crippen molar-refractivity contribution in [3.8, 4) is 5.75 Å². The fourth-order valence-electron chi connectivity index (χ4n) is 2.41. The van der Waals surface area contributed by atoms with Gasteiger partial charge >= 0.3 is 0 Å². The highest BCUT2D eigenvalue weighted by molar-refractivity contribution is 5.79. The fraction of sp³-hybridized carbons (Fsp3) is 0.533. The normalized spacial score (nSPS) is 22.2. The molecule has 2 unspecified atom stereocenters. The molecule has 104 valence electrons. The van der Waals surface area contributed by atoms with Crippen LogP contribution in [0.3, 0.4) is 0 Å². The van der Waals surface area contributed by atoms with Gasteiger partial charge in [0.15, 0.2) is 0 Å². The molecule has 0 radical (unpaired) electrons. The first-order valence-corrected chi connectivity index (χ1v) is 6.84. The summed E-state index contributed by atoms with van der Waals surface area (Å²) in [7, 11) is 1.85. The molecule has 0 saturated carbocycles. The van der Waals surface area contributed by atoms with E-state index >= 15 is 0 Å². The molecule has 4 heteroatoms. The van der Waals surface area contributed by atoms with Gasteiger partial charge in [-0.15, -0.1) is 0 Å². The second kappa shape index (κ2) is 6.57. The molecule has 1 aliphatic rings. The molecule has 1 amide bonds. The smallest absolute Gasteiger partial charge is 0.227 e. The van der Waals surface area contributed by atoms with Crippen molar-refractivity contribution in [2.45, 2.75) is 19.4 Å². The molecular formula is C15H22N2O2. The Labute approximate surface area is 114 Å². The lowest BCUT2D eigenvalue weighted by Crippen LogP contribution is -2.39. The van der Waals surface area contributed by atoms with Crippen LogP contribution < -0.4 is 10.1 Å². The highest BCUT2D eigenvalue weighted by Gasteiger charge is 2.31. The van der Waals surface area contributed by atoms with Crippen LogP contribution in [0.1, 0.15) is 13.3 Å². The number of amides is 1. The van der Waals surface area contributed by atoms with E-state index in [2.05, 4.69) is 12.2 Å². The first kappa shape index (κ1) is 13.9. The van der Waals surface area contributed by atoms with Gasteiger partial charge in [-0.25, -0.2) is 0 Å². The summed E-state index contributed by atoms with van der Waals surface area (Å²) in [6, 6.07) is 9.96. The zero-order valence-corrected chi connectivity index (χ0v) is 11.6. The highest BCUT2D eigenvalue weighted by atomic mass is 16.5. The maximum absolute atomic E-state index is 12.2. The van der Waals surface area contributed by atoms with Crippen LogP contribution in [0, 0.1) is 5.92 Å². The van der Waals surface area contributed by atoms with Crippen LogP contribution in [0.25, 0.3) is 0 Å². The minimum Gasteiger partial charge on any atom is -0.492 e. The summed E-state index contributed by atoms with van der Waals surface area (Å²) >= 11 is 0. The predicted octanol–water partition coefficient (Wildman–Crippen LogP) is 1.52. The van der Waals surface area contributed by atoms with Crippen LogP contribution in [0.4, 0.5) is 0 Å². The van der Waals surface area contributed by atoms with Gasteiger partial charge in [-0.1, -0.05) is 18.2 Å². The van der Waals surface area contributed by atoms with E-state index < -0.39 is 0 Å². The predicted molar refractivity (Wildman–Crippen MR) is 75.1 cm³/mol. The lowest BCUT2D eigenvalue weighted by Gasteiger charge is -2.23. The third-order valence-electron chi connectivity index (χ3n) is 3.66. The van der Waals surface area contributed by atoms with Gasteiger partial charge in [-0.2, -0.15) is 0 Å². The molecule has 1 N–H and O–H groups in total. The Kier molecular flexibility index (Phi) is 4.80. The average molecular weight is 262 g/mol. The van der Waals surface area contributed by atoms with Gasteiger partial charge in [0.25, 0.3) is 0 Å². The third kappa shape index (κ3) is 3.70. The van der Waals surface area contributed by atoms with Crippen molar-refractivity contribution >= 4 is 5.91 Å². The summed E-state index contributed by atoms with van der Waals surface area (Å²) < 4.78 is 5.61. The van der Waals surface area contributed by atoms with Crippen molar-refractivity contribution in [3.63, 3.8) is 0 Å². The van der Waals surface area contributed by atoms with Gasteiger partial charge in [0, 0.05) is 13.1 Å². The molecule has 4 nitrogen and oxygen atoms in total. The van der Waals surface area contributed by atoms with Crippen LogP contribution in [0.15, 0.2) is 30.3 Å². The Balaban J connectivity index is 1.75. The molecule has 1 fully saturated rings. The number of rotatable bonds is 5. The number of carbonyl (C=O) groups excluding carboxylic acids is 1. The van der Waals surface area contributed by atoms with Crippen molar-refractivity contribution < 1.29 is 9.53 Å². The molecule has 2 rings (SSSR count). The molecule has 0 aromatic heterocycles. The standard InChI is InChI=1S/C15H22N2O2/c1-12-14(8-9-16-12)15(18)17(2)10-11-19-13-6-4-3-5-7-13/h3-7,12,14,16H,8-11H2,1-2H3. The second-order valence-corrected chi connectivity index (χ2v) is 5.06. The summed E-state index contributed by atoms with van der Waals surface area (Å²) in [6.07, 6.45) is 0.934. The van der Waals surface area contributed by atoms with E-state index in [-0.39, 0.29) is 17.9 Å². The summed E-state index contributed by atoms with van der Waals surface area (Å²) in [4.78, 5) is 14.0. The van der Waals surface area contributed by atoms with E-state index in [1.807, 2.05) is 37.4 Å². The van der Waals surface area contributed by atoms with E-state index in [0.717, 1.165) is 18.7 Å². The Morgan fingerprint density at radius 2 is 2.16 bits per heavy atom. The van der Waals surface area contributed by atoms with Crippen molar-refractivity contribution in [2.75, 3.05) is 26.7 Å². The van der Waals surface area contributed by atoms with Crippen LogP contribution in [-0.2, 0) is 4.79 Å². The number of benzene rings is 1. The Morgan fingerprint density at radius 1 is 1.42 bits per heavy atom. The number of nitrogens with zero attached hydrogens (tertiary/aromatic N) is 1. The van der Waals surface area contributed by atoms with Gasteiger partial charge in [-0.05, 0) is 32.0 Å². The average Bonchev–Trinajstić information content (AvgIpc) is 2.85. The van der Waals surface area contributed by atoms with Gasteiger partial charge in [0.1, 0.15) is 12.4 Å². The lowest BCUT2D eigenvalue weighted by molar-refractivity contribution is -0.134. The molecule has 0 bridgehead atoms. The number of nitrogens with one attached hydrogen (secondary N) is 1. The highest BCUT2D eigenvalue weighted by Crippen LogP contribution is 2.17. The Morgan fingerprint density at radius 3 is 2.79 bits per heavy atom. The SMILES string of the molecule is CC1NCCC1C(=O)N(C)CCOc1ccccc1. The quantitative estimate of drug-likeness (QED) is 0.875. The van der Waals surface area contributed by atoms with Crippen LogP contribution in [-0.4, -0.2) is 43.6 Å². The van der Waals surface area contributed by atoms with Gasteiger partial charge in [0.2, 0.25) is 5.91 Å². The minimum atomic E-state index is 0.113. The molecule has 0 spiro atoms. The van der Waals surface area contributed by atoms with Crippen molar-refractivity contribution in [2.24, 2.45) is 5.92 Å². The van der Waals surface area contributed by atoms with E-state index in [9.17, 15) is 4.79 Å². The van der Waals surface area contributed by atoms with Gasteiger partial charge in [-0.3, -0.25) is 4.79 Å². The van der Waals surface area contributed by atoms with Crippen molar-refractivity contribution in [3.05, 3.63) is 30.3 Å². The first-order chi connectivity index (χ1) is 9.18. The fourth-order valence-corrected chi connectivity index (χ4v) is 2.41. The lowest BCUT2D eigenvalue weighted by atomic mass is 10.0. The third-order valence-corrected chi connectivity index (χ3v) is 3.66.